The van der Waals surface area contributed by atoms with E-state index in [1.165, 1.54) is 6.07 Å². The van der Waals surface area contributed by atoms with Crippen LogP contribution in [0.15, 0.2) is 23.2 Å². The van der Waals surface area contributed by atoms with Crippen LogP contribution in [-0.4, -0.2) is 60.4 Å². The smallest absolute Gasteiger partial charge is 0.242 e. The number of hydrogen-bond acceptors (Lipinski definition) is 2. The SMILES string of the molecule is CCNC(=NCCc1cc(F)ccc1F)N1CCN(C2CC2)C(=O)C1. The van der Waals surface area contributed by atoms with E-state index in [-0.39, 0.29) is 5.91 Å². The van der Waals surface area contributed by atoms with E-state index in [9.17, 15) is 13.6 Å². The minimum atomic E-state index is -0.450. The van der Waals surface area contributed by atoms with Gasteiger partial charge in [0.05, 0.1) is 6.54 Å². The Labute approximate surface area is 146 Å². The number of rotatable bonds is 5. The standard InChI is InChI=1S/C18H24F2N4O/c1-2-21-18(22-8-7-13-11-14(19)3-6-16(13)20)23-9-10-24(15-4-5-15)17(25)12-23/h3,6,11,15H,2,4-5,7-10,12H2,1H3,(H,21,22). The summed E-state index contributed by atoms with van der Waals surface area (Å²) in [6, 6.07) is 3.88. The molecule has 0 unspecified atom stereocenters. The van der Waals surface area contributed by atoms with Crippen LogP contribution < -0.4 is 5.32 Å². The van der Waals surface area contributed by atoms with Gasteiger partial charge < -0.3 is 15.1 Å². The van der Waals surface area contributed by atoms with Crippen LogP contribution in [-0.2, 0) is 11.2 Å². The summed E-state index contributed by atoms with van der Waals surface area (Å²) in [7, 11) is 0. The number of guanidine groups is 1. The van der Waals surface area contributed by atoms with Crippen LogP contribution in [0, 0.1) is 11.6 Å². The molecule has 0 spiro atoms. The van der Waals surface area contributed by atoms with E-state index in [2.05, 4.69) is 10.3 Å². The minimum Gasteiger partial charge on any atom is -0.357 e. The average molecular weight is 350 g/mol. The minimum absolute atomic E-state index is 0.135. The van der Waals surface area contributed by atoms with Crippen molar-refractivity contribution in [2.75, 3.05) is 32.7 Å². The number of nitrogens with one attached hydrogen (secondary N) is 1. The van der Waals surface area contributed by atoms with Crippen molar-refractivity contribution in [2.45, 2.75) is 32.2 Å². The summed E-state index contributed by atoms with van der Waals surface area (Å²) < 4.78 is 26.9. The van der Waals surface area contributed by atoms with E-state index in [0.717, 1.165) is 31.5 Å². The third-order valence-corrected chi connectivity index (χ3v) is 4.53. The lowest BCUT2D eigenvalue weighted by Crippen LogP contribution is -2.55. The topological polar surface area (TPSA) is 47.9 Å². The Kier molecular flexibility index (Phi) is 5.50. The molecule has 0 bridgehead atoms. The molecule has 0 aromatic heterocycles. The first-order valence-electron chi connectivity index (χ1n) is 8.85. The molecule has 136 valence electrons. The molecule has 1 aromatic carbocycles. The molecule has 1 saturated heterocycles. The predicted molar refractivity (Wildman–Crippen MR) is 92.3 cm³/mol. The molecular formula is C18H24F2N4O. The lowest BCUT2D eigenvalue weighted by atomic mass is 10.1. The Hall–Kier alpha value is -2.18. The van der Waals surface area contributed by atoms with E-state index in [1.807, 2.05) is 16.7 Å². The summed E-state index contributed by atoms with van der Waals surface area (Å²) in [5.74, 6) is -0.0810. The molecule has 2 fully saturated rings. The van der Waals surface area contributed by atoms with Gasteiger partial charge in [0.25, 0.3) is 0 Å². The summed E-state index contributed by atoms with van der Waals surface area (Å²) in [5, 5.41) is 3.18. The maximum Gasteiger partial charge on any atom is 0.242 e. The van der Waals surface area contributed by atoms with Crippen LogP contribution in [0.1, 0.15) is 25.3 Å². The van der Waals surface area contributed by atoms with Crippen molar-refractivity contribution >= 4 is 11.9 Å². The number of benzene rings is 1. The van der Waals surface area contributed by atoms with E-state index in [1.54, 1.807) is 0 Å². The van der Waals surface area contributed by atoms with Crippen LogP contribution in [0.2, 0.25) is 0 Å². The summed E-state index contributed by atoms with van der Waals surface area (Å²) in [6.07, 6.45) is 2.53. The molecule has 1 aliphatic heterocycles. The number of amides is 1. The van der Waals surface area contributed by atoms with Gasteiger partial charge in [-0.1, -0.05) is 0 Å². The number of carbonyl (C=O) groups is 1. The fourth-order valence-corrected chi connectivity index (χ4v) is 3.08. The van der Waals surface area contributed by atoms with Crippen molar-refractivity contribution in [3.8, 4) is 0 Å². The van der Waals surface area contributed by atoms with Gasteiger partial charge in [-0.15, -0.1) is 0 Å². The molecule has 3 rings (SSSR count). The summed E-state index contributed by atoms with van der Waals surface area (Å²) in [4.78, 5) is 20.7. The Bertz CT molecular complexity index is 660. The van der Waals surface area contributed by atoms with E-state index in [0.29, 0.717) is 50.2 Å². The van der Waals surface area contributed by atoms with E-state index < -0.39 is 11.6 Å². The lowest BCUT2D eigenvalue weighted by Gasteiger charge is -2.36. The molecule has 1 heterocycles. The number of halogens is 2. The van der Waals surface area contributed by atoms with Crippen LogP contribution in [0.3, 0.4) is 0 Å². The molecule has 1 aromatic rings. The fraction of sp³-hybridized carbons (Fsp3) is 0.556. The van der Waals surface area contributed by atoms with Crippen molar-refractivity contribution in [3.63, 3.8) is 0 Å². The Balaban J connectivity index is 1.61. The quantitative estimate of drug-likeness (QED) is 0.651. The van der Waals surface area contributed by atoms with Gasteiger partial charge in [0.1, 0.15) is 11.6 Å². The second-order valence-corrected chi connectivity index (χ2v) is 6.46. The summed E-state index contributed by atoms with van der Waals surface area (Å²) in [5.41, 5.74) is 0.314. The van der Waals surface area contributed by atoms with Gasteiger partial charge in [0, 0.05) is 32.2 Å². The van der Waals surface area contributed by atoms with Crippen molar-refractivity contribution in [2.24, 2.45) is 4.99 Å². The molecule has 2 aliphatic rings. The molecular weight excluding hydrogens is 326 g/mol. The van der Waals surface area contributed by atoms with E-state index in [4.69, 9.17) is 0 Å². The fourth-order valence-electron chi connectivity index (χ4n) is 3.08. The molecule has 1 saturated carbocycles. The lowest BCUT2D eigenvalue weighted by molar-refractivity contribution is -0.135. The predicted octanol–water partition coefficient (Wildman–Crippen LogP) is 1.78. The molecule has 1 amide bonds. The van der Waals surface area contributed by atoms with Gasteiger partial charge in [-0.25, -0.2) is 8.78 Å². The third-order valence-electron chi connectivity index (χ3n) is 4.53. The van der Waals surface area contributed by atoms with Gasteiger partial charge in [-0.2, -0.15) is 0 Å². The van der Waals surface area contributed by atoms with Crippen molar-refractivity contribution in [3.05, 3.63) is 35.4 Å². The van der Waals surface area contributed by atoms with Gasteiger partial charge in [-0.05, 0) is 49.9 Å². The number of carbonyl (C=O) groups excluding carboxylic acids is 1. The number of piperazine rings is 1. The Morgan fingerprint density at radius 2 is 2.12 bits per heavy atom. The van der Waals surface area contributed by atoms with E-state index >= 15 is 0 Å². The molecule has 0 radical (unpaired) electrons. The molecule has 7 heteroatoms. The third kappa shape index (κ3) is 4.46. The molecule has 1 N–H and O–H groups in total. The maximum atomic E-state index is 13.7. The van der Waals surface area contributed by atoms with Crippen LogP contribution in [0.25, 0.3) is 0 Å². The highest BCUT2D eigenvalue weighted by molar-refractivity contribution is 5.88. The number of hydrogen-bond donors (Lipinski definition) is 1. The van der Waals surface area contributed by atoms with Gasteiger partial charge in [0.2, 0.25) is 5.91 Å². The highest BCUT2D eigenvalue weighted by Crippen LogP contribution is 2.28. The van der Waals surface area contributed by atoms with Gasteiger partial charge >= 0.3 is 0 Å². The number of aliphatic imine (C=N–C) groups is 1. The monoisotopic (exact) mass is 350 g/mol. The molecule has 25 heavy (non-hydrogen) atoms. The van der Waals surface area contributed by atoms with Crippen LogP contribution in [0.4, 0.5) is 8.78 Å². The van der Waals surface area contributed by atoms with Crippen molar-refractivity contribution in [1.82, 2.24) is 15.1 Å². The normalized spacial score (nSPS) is 18.7. The van der Waals surface area contributed by atoms with Gasteiger partial charge in [0.15, 0.2) is 5.96 Å². The Morgan fingerprint density at radius 1 is 1.32 bits per heavy atom. The van der Waals surface area contributed by atoms with Crippen LogP contribution >= 0.6 is 0 Å². The molecule has 1 aliphatic carbocycles. The van der Waals surface area contributed by atoms with Crippen molar-refractivity contribution < 1.29 is 13.6 Å². The first kappa shape index (κ1) is 17.6. The molecule has 0 atom stereocenters. The highest BCUT2D eigenvalue weighted by Gasteiger charge is 2.36. The van der Waals surface area contributed by atoms with Crippen LogP contribution in [0.5, 0.6) is 0 Å². The zero-order valence-electron chi connectivity index (χ0n) is 14.5. The Morgan fingerprint density at radius 3 is 2.80 bits per heavy atom. The van der Waals surface area contributed by atoms with Crippen molar-refractivity contribution in [1.29, 1.82) is 0 Å². The average Bonchev–Trinajstić information content (AvgIpc) is 3.42. The zero-order chi connectivity index (χ0) is 17.8. The highest BCUT2D eigenvalue weighted by atomic mass is 19.1. The largest absolute Gasteiger partial charge is 0.357 e. The second kappa shape index (κ2) is 7.80. The number of nitrogens with zero attached hydrogens (tertiary/aromatic N) is 3. The van der Waals surface area contributed by atoms with Gasteiger partial charge in [-0.3, -0.25) is 9.79 Å². The first-order valence-corrected chi connectivity index (χ1v) is 8.85. The molecule has 5 nitrogen and oxygen atoms in total. The summed E-state index contributed by atoms with van der Waals surface area (Å²) in [6.45, 7) is 4.75. The summed E-state index contributed by atoms with van der Waals surface area (Å²) >= 11 is 0. The second-order valence-electron chi connectivity index (χ2n) is 6.46. The first-order chi connectivity index (χ1) is 12.1. The maximum absolute atomic E-state index is 13.7. The zero-order valence-corrected chi connectivity index (χ0v) is 14.5.